The molecule has 0 saturated heterocycles. The number of rotatable bonds is 1. The molecule has 0 bridgehead atoms. The molecule has 1 aliphatic rings. The largest absolute Gasteiger partial charge is 0.489 e. The molecule has 0 aromatic heterocycles. The summed E-state index contributed by atoms with van der Waals surface area (Å²) in [6.07, 6.45) is 0. The van der Waals surface area contributed by atoms with E-state index < -0.39 is 0 Å². The van der Waals surface area contributed by atoms with Crippen LogP contribution in [0.4, 0.5) is 5.69 Å². The summed E-state index contributed by atoms with van der Waals surface area (Å²) in [5.74, 6) is 0.943. The predicted octanol–water partition coefficient (Wildman–Crippen LogP) is 3.85. The van der Waals surface area contributed by atoms with E-state index in [1.165, 1.54) is 16.7 Å². The van der Waals surface area contributed by atoms with Gasteiger partial charge < -0.3 is 10.1 Å². The first-order valence-corrected chi connectivity index (χ1v) is 6.29. The van der Waals surface area contributed by atoms with Crippen molar-refractivity contribution in [2.45, 2.75) is 19.9 Å². The molecule has 1 atom stereocenters. The van der Waals surface area contributed by atoms with E-state index in [-0.39, 0.29) is 6.04 Å². The molecule has 0 saturated carbocycles. The summed E-state index contributed by atoms with van der Waals surface area (Å²) in [6.45, 7) is 4.96. The number of nitrogens with one attached hydrogen (secondary N) is 1. The van der Waals surface area contributed by atoms with E-state index in [1.54, 1.807) is 0 Å². The third-order valence-electron chi connectivity index (χ3n) is 3.42. The van der Waals surface area contributed by atoms with Crippen molar-refractivity contribution in [1.82, 2.24) is 0 Å². The van der Waals surface area contributed by atoms with Gasteiger partial charge in [-0.3, -0.25) is 0 Å². The van der Waals surface area contributed by atoms with Crippen molar-refractivity contribution < 1.29 is 4.74 Å². The molecule has 2 aromatic rings. The van der Waals surface area contributed by atoms with Crippen molar-refractivity contribution in [1.29, 1.82) is 0 Å². The van der Waals surface area contributed by atoms with Crippen molar-refractivity contribution in [3.63, 3.8) is 0 Å². The van der Waals surface area contributed by atoms with Crippen LogP contribution in [0.1, 0.15) is 22.7 Å². The zero-order valence-corrected chi connectivity index (χ0v) is 10.7. The molecule has 0 radical (unpaired) electrons. The molecule has 2 nitrogen and oxygen atoms in total. The van der Waals surface area contributed by atoms with Crippen LogP contribution in [0.15, 0.2) is 42.5 Å². The van der Waals surface area contributed by atoms with Crippen LogP contribution >= 0.6 is 0 Å². The van der Waals surface area contributed by atoms with Crippen LogP contribution in [-0.2, 0) is 0 Å². The highest BCUT2D eigenvalue weighted by Gasteiger charge is 2.20. The fraction of sp³-hybridized carbons (Fsp3) is 0.250. The van der Waals surface area contributed by atoms with Gasteiger partial charge in [0.05, 0.1) is 11.7 Å². The Labute approximate surface area is 108 Å². The van der Waals surface area contributed by atoms with Crippen molar-refractivity contribution in [2.75, 3.05) is 11.9 Å². The lowest BCUT2D eigenvalue weighted by Gasteiger charge is -2.28. The zero-order chi connectivity index (χ0) is 12.5. The van der Waals surface area contributed by atoms with Crippen LogP contribution < -0.4 is 10.1 Å². The second kappa shape index (κ2) is 4.37. The van der Waals surface area contributed by atoms with E-state index in [0.717, 1.165) is 11.4 Å². The summed E-state index contributed by atoms with van der Waals surface area (Å²) in [7, 11) is 0. The Bertz CT molecular complexity index is 577. The predicted molar refractivity (Wildman–Crippen MR) is 74.2 cm³/mol. The molecule has 1 unspecified atom stereocenters. The number of hydrogen-bond acceptors (Lipinski definition) is 2. The van der Waals surface area contributed by atoms with E-state index in [4.69, 9.17) is 4.74 Å². The van der Waals surface area contributed by atoms with Crippen LogP contribution in [0.3, 0.4) is 0 Å². The SMILES string of the molecule is Cc1ccc(C2COc3ccccc3N2)c(C)c1. The highest BCUT2D eigenvalue weighted by atomic mass is 16.5. The Kier molecular flexibility index (Phi) is 2.71. The summed E-state index contributed by atoms with van der Waals surface area (Å²) in [5, 5.41) is 3.55. The average molecular weight is 239 g/mol. The summed E-state index contributed by atoms with van der Waals surface area (Å²) in [6, 6.07) is 14.9. The molecule has 18 heavy (non-hydrogen) atoms. The second-order valence-electron chi connectivity index (χ2n) is 4.86. The van der Waals surface area contributed by atoms with Crippen LogP contribution in [0, 0.1) is 13.8 Å². The van der Waals surface area contributed by atoms with Crippen LogP contribution in [0.2, 0.25) is 0 Å². The van der Waals surface area contributed by atoms with Crippen LogP contribution in [0.5, 0.6) is 5.75 Å². The fourth-order valence-electron chi connectivity index (χ4n) is 2.50. The summed E-state index contributed by atoms with van der Waals surface area (Å²) in [4.78, 5) is 0. The van der Waals surface area contributed by atoms with Gasteiger partial charge in [0.2, 0.25) is 0 Å². The van der Waals surface area contributed by atoms with Crippen molar-refractivity contribution in [3.05, 3.63) is 59.2 Å². The van der Waals surface area contributed by atoms with E-state index in [9.17, 15) is 0 Å². The van der Waals surface area contributed by atoms with Gasteiger partial charge in [0.25, 0.3) is 0 Å². The average Bonchev–Trinajstić information content (AvgIpc) is 2.38. The highest BCUT2D eigenvalue weighted by molar-refractivity contribution is 5.59. The quantitative estimate of drug-likeness (QED) is 0.816. The highest BCUT2D eigenvalue weighted by Crippen LogP contribution is 2.34. The number of para-hydroxylation sites is 2. The molecule has 1 aliphatic heterocycles. The molecule has 1 heterocycles. The number of ether oxygens (including phenoxy) is 1. The van der Waals surface area contributed by atoms with Gasteiger partial charge in [-0.05, 0) is 37.1 Å². The third kappa shape index (κ3) is 1.94. The van der Waals surface area contributed by atoms with Gasteiger partial charge in [-0.2, -0.15) is 0 Å². The van der Waals surface area contributed by atoms with Crippen molar-refractivity contribution in [2.24, 2.45) is 0 Å². The maximum Gasteiger partial charge on any atom is 0.142 e. The minimum atomic E-state index is 0.237. The van der Waals surface area contributed by atoms with Crippen LogP contribution in [-0.4, -0.2) is 6.61 Å². The number of anilines is 1. The molecule has 0 amide bonds. The molecule has 92 valence electrons. The van der Waals surface area contributed by atoms with Gasteiger partial charge in [-0.25, -0.2) is 0 Å². The Morgan fingerprint density at radius 3 is 2.78 bits per heavy atom. The molecule has 2 heteroatoms. The van der Waals surface area contributed by atoms with Crippen molar-refractivity contribution >= 4 is 5.69 Å². The van der Waals surface area contributed by atoms with Gasteiger partial charge in [0, 0.05) is 0 Å². The standard InChI is InChI=1S/C16H17NO/c1-11-7-8-13(12(2)9-11)15-10-18-16-6-4-3-5-14(16)17-15/h3-9,15,17H,10H2,1-2H3. The van der Waals surface area contributed by atoms with E-state index in [0.29, 0.717) is 6.61 Å². The molecule has 2 aromatic carbocycles. The monoisotopic (exact) mass is 239 g/mol. The topological polar surface area (TPSA) is 21.3 Å². The smallest absolute Gasteiger partial charge is 0.142 e. The fourth-order valence-corrected chi connectivity index (χ4v) is 2.50. The second-order valence-corrected chi connectivity index (χ2v) is 4.86. The van der Waals surface area contributed by atoms with Crippen molar-refractivity contribution in [3.8, 4) is 5.75 Å². The lowest BCUT2D eigenvalue weighted by molar-refractivity contribution is 0.286. The first-order chi connectivity index (χ1) is 8.74. The number of fused-ring (bicyclic) bond motifs is 1. The Morgan fingerprint density at radius 1 is 1.11 bits per heavy atom. The van der Waals surface area contributed by atoms with E-state index >= 15 is 0 Å². The number of benzene rings is 2. The van der Waals surface area contributed by atoms with Crippen LogP contribution in [0.25, 0.3) is 0 Å². The maximum absolute atomic E-state index is 5.81. The molecule has 0 aliphatic carbocycles. The van der Waals surface area contributed by atoms with Gasteiger partial charge in [-0.15, -0.1) is 0 Å². The Morgan fingerprint density at radius 2 is 1.94 bits per heavy atom. The molecule has 0 spiro atoms. The Hall–Kier alpha value is -1.96. The zero-order valence-electron chi connectivity index (χ0n) is 10.7. The lowest BCUT2D eigenvalue weighted by atomic mass is 9.98. The van der Waals surface area contributed by atoms with Gasteiger partial charge >= 0.3 is 0 Å². The van der Waals surface area contributed by atoms with E-state index in [2.05, 4.69) is 43.4 Å². The Balaban J connectivity index is 1.92. The van der Waals surface area contributed by atoms with E-state index in [1.807, 2.05) is 18.2 Å². The normalized spacial score (nSPS) is 17.6. The first-order valence-electron chi connectivity index (χ1n) is 6.29. The number of hydrogen-bond donors (Lipinski definition) is 1. The molecular weight excluding hydrogens is 222 g/mol. The third-order valence-corrected chi connectivity index (χ3v) is 3.42. The summed E-state index contributed by atoms with van der Waals surface area (Å²) >= 11 is 0. The lowest BCUT2D eigenvalue weighted by Crippen LogP contribution is -2.24. The molecule has 0 fully saturated rings. The molecular formula is C16H17NO. The summed E-state index contributed by atoms with van der Waals surface area (Å²) in [5.41, 5.74) is 5.01. The number of aryl methyl sites for hydroxylation is 2. The van der Waals surface area contributed by atoms with Gasteiger partial charge in [-0.1, -0.05) is 35.9 Å². The van der Waals surface area contributed by atoms with Gasteiger partial charge in [0.1, 0.15) is 12.4 Å². The maximum atomic E-state index is 5.81. The van der Waals surface area contributed by atoms with Gasteiger partial charge in [0.15, 0.2) is 0 Å². The first kappa shape index (κ1) is 11.1. The molecule has 1 N–H and O–H groups in total. The molecule has 3 rings (SSSR count). The summed E-state index contributed by atoms with van der Waals surface area (Å²) < 4.78 is 5.81. The minimum absolute atomic E-state index is 0.237. The minimum Gasteiger partial charge on any atom is -0.489 e.